The summed E-state index contributed by atoms with van der Waals surface area (Å²) < 4.78 is 32.1. The van der Waals surface area contributed by atoms with Gasteiger partial charge in [0, 0.05) is 30.5 Å². The van der Waals surface area contributed by atoms with E-state index >= 15 is 0 Å². The van der Waals surface area contributed by atoms with Gasteiger partial charge < -0.3 is 15.0 Å². The van der Waals surface area contributed by atoms with Crippen molar-refractivity contribution in [2.45, 2.75) is 39.3 Å². The lowest BCUT2D eigenvalue weighted by molar-refractivity contribution is -0.140. The lowest BCUT2D eigenvalue weighted by Crippen LogP contribution is -2.47. The van der Waals surface area contributed by atoms with E-state index in [4.69, 9.17) is 4.74 Å². The number of hydrogen-bond donors (Lipinski definition) is 1. The molecule has 0 aromatic heterocycles. The molecule has 2 rings (SSSR count). The fourth-order valence-corrected chi connectivity index (χ4v) is 4.67. The van der Waals surface area contributed by atoms with Crippen LogP contribution < -0.4 is 14.4 Å². The van der Waals surface area contributed by atoms with Crippen LogP contribution in [0.4, 0.5) is 5.69 Å². The second-order valence-electron chi connectivity index (χ2n) is 7.86. The van der Waals surface area contributed by atoms with Crippen molar-refractivity contribution in [1.82, 2.24) is 10.2 Å². The predicted octanol–water partition coefficient (Wildman–Crippen LogP) is 3.56. The average molecular weight is 555 g/mol. The van der Waals surface area contributed by atoms with Gasteiger partial charge in [0.05, 0.1) is 19.1 Å². The van der Waals surface area contributed by atoms with Crippen LogP contribution in [0.2, 0.25) is 0 Å². The number of anilines is 1. The summed E-state index contributed by atoms with van der Waals surface area (Å²) in [6.07, 6.45) is 1.54. The second-order valence-corrected chi connectivity index (χ2v) is 10.7. The molecule has 0 aliphatic rings. The normalized spacial score (nSPS) is 12.0. The van der Waals surface area contributed by atoms with Gasteiger partial charge in [-0.25, -0.2) is 8.42 Å². The molecular weight excluding hydrogens is 522 g/mol. The Bertz CT molecular complexity index is 1060. The third-order valence-corrected chi connectivity index (χ3v) is 7.02. The molecule has 1 N–H and O–H groups in total. The van der Waals surface area contributed by atoms with Crippen LogP contribution in [-0.4, -0.2) is 57.6 Å². The van der Waals surface area contributed by atoms with Crippen LogP contribution in [0.3, 0.4) is 0 Å². The molecule has 1 atom stereocenters. The van der Waals surface area contributed by atoms with Crippen LogP contribution in [0.5, 0.6) is 5.75 Å². The molecule has 2 aromatic carbocycles. The molecule has 0 aliphatic heterocycles. The summed E-state index contributed by atoms with van der Waals surface area (Å²) in [5, 5.41) is 2.76. The molecule has 2 aromatic rings. The number of carbonyl (C=O) groups excluding carboxylic acids is 2. The number of methoxy groups -OCH3 is 1. The number of ether oxygens (including phenoxy) is 1. The summed E-state index contributed by atoms with van der Waals surface area (Å²) in [6, 6.07) is 13.6. The highest BCUT2D eigenvalue weighted by Gasteiger charge is 2.26. The van der Waals surface area contributed by atoms with Crippen LogP contribution in [-0.2, 0) is 26.2 Å². The van der Waals surface area contributed by atoms with Crippen molar-refractivity contribution < 1.29 is 22.7 Å². The maximum Gasteiger partial charge on any atom is 0.242 e. The number of benzene rings is 2. The highest BCUT2D eigenvalue weighted by Crippen LogP contribution is 2.22. The van der Waals surface area contributed by atoms with E-state index in [0.29, 0.717) is 24.4 Å². The molecule has 0 radical (unpaired) electrons. The third-order valence-electron chi connectivity index (χ3n) is 5.30. The summed E-state index contributed by atoms with van der Waals surface area (Å²) in [5.74, 6) is 0.170. The highest BCUT2D eigenvalue weighted by atomic mass is 79.9. The minimum Gasteiger partial charge on any atom is -0.497 e. The van der Waals surface area contributed by atoms with E-state index in [2.05, 4.69) is 21.2 Å². The number of sulfonamides is 1. The Morgan fingerprint density at radius 1 is 1.09 bits per heavy atom. The molecule has 8 nitrogen and oxygen atoms in total. The van der Waals surface area contributed by atoms with Gasteiger partial charge in [-0.2, -0.15) is 0 Å². The molecule has 0 fully saturated rings. The molecule has 0 unspecified atom stereocenters. The molecule has 0 aliphatic carbocycles. The predicted molar refractivity (Wildman–Crippen MR) is 137 cm³/mol. The first-order valence-electron chi connectivity index (χ1n) is 11.0. The summed E-state index contributed by atoms with van der Waals surface area (Å²) in [7, 11) is -2.01. The molecule has 0 spiro atoms. The van der Waals surface area contributed by atoms with Crippen LogP contribution in [0.15, 0.2) is 53.0 Å². The van der Waals surface area contributed by atoms with Gasteiger partial charge in [-0.05, 0) is 62.2 Å². The van der Waals surface area contributed by atoms with Gasteiger partial charge in [0.1, 0.15) is 11.8 Å². The molecule has 0 bridgehead atoms. The molecule has 2 amide bonds. The molecular formula is C24H32BrN3O5S. The summed E-state index contributed by atoms with van der Waals surface area (Å²) in [5.41, 5.74) is 1.39. The Hall–Kier alpha value is -2.59. The maximum atomic E-state index is 13.2. The van der Waals surface area contributed by atoms with Crippen molar-refractivity contribution in [3.8, 4) is 5.75 Å². The monoisotopic (exact) mass is 553 g/mol. The van der Waals surface area contributed by atoms with Gasteiger partial charge >= 0.3 is 0 Å². The van der Waals surface area contributed by atoms with E-state index in [0.717, 1.165) is 16.3 Å². The lowest BCUT2D eigenvalue weighted by Gasteiger charge is -2.29. The van der Waals surface area contributed by atoms with E-state index < -0.39 is 16.1 Å². The number of nitrogens with zero attached hydrogens (tertiary/aromatic N) is 2. The molecule has 0 heterocycles. The van der Waals surface area contributed by atoms with Crippen molar-refractivity contribution in [3.05, 3.63) is 58.6 Å². The van der Waals surface area contributed by atoms with Crippen LogP contribution in [0.1, 0.15) is 32.3 Å². The van der Waals surface area contributed by atoms with Crippen LogP contribution >= 0.6 is 15.9 Å². The smallest absolute Gasteiger partial charge is 0.242 e. The number of halogens is 1. The lowest BCUT2D eigenvalue weighted by atomic mass is 10.1. The van der Waals surface area contributed by atoms with E-state index in [1.807, 2.05) is 31.2 Å². The van der Waals surface area contributed by atoms with E-state index in [9.17, 15) is 18.0 Å². The first kappa shape index (κ1) is 27.7. The standard InChI is InChI=1S/C24H32BrN3O5S/c1-5-26-24(30)18(2)27(17-19-8-10-20(25)11-9-19)23(29)7-6-16-28(34(4,31)32)21-12-14-22(33-3)15-13-21/h8-15,18H,5-7,16-17H2,1-4H3,(H,26,30)/t18-/m1/s1. The first-order valence-corrected chi connectivity index (χ1v) is 13.6. The largest absolute Gasteiger partial charge is 0.497 e. The first-order chi connectivity index (χ1) is 16.1. The Labute approximate surface area is 210 Å². The van der Waals surface area contributed by atoms with Crippen molar-refractivity contribution in [2.24, 2.45) is 0 Å². The molecule has 0 saturated heterocycles. The zero-order valence-electron chi connectivity index (χ0n) is 20.0. The Balaban J connectivity index is 2.13. The second kappa shape index (κ2) is 12.8. The number of likely N-dealkylation sites (N-methyl/N-ethyl adjacent to an activating group) is 1. The molecule has 186 valence electrons. The molecule has 0 saturated carbocycles. The van der Waals surface area contributed by atoms with Crippen molar-refractivity contribution >= 4 is 43.5 Å². The number of carbonyl (C=O) groups is 2. The fraction of sp³-hybridized carbons (Fsp3) is 0.417. The minimum atomic E-state index is -3.55. The molecule has 34 heavy (non-hydrogen) atoms. The van der Waals surface area contributed by atoms with Crippen molar-refractivity contribution in [1.29, 1.82) is 0 Å². The van der Waals surface area contributed by atoms with Crippen molar-refractivity contribution in [3.63, 3.8) is 0 Å². The van der Waals surface area contributed by atoms with Gasteiger partial charge in [0.25, 0.3) is 0 Å². The minimum absolute atomic E-state index is 0.0997. The summed E-state index contributed by atoms with van der Waals surface area (Å²) >= 11 is 3.40. The fourth-order valence-electron chi connectivity index (χ4n) is 3.44. The SMILES string of the molecule is CCNC(=O)[C@@H](C)N(Cc1ccc(Br)cc1)C(=O)CCCN(c1ccc(OC)cc1)S(C)(=O)=O. The van der Waals surface area contributed by atoms with Gasteiger partial charge in [0.15, 0.2) is 0 Å². The summed E-state index contributed by atoms with van der Waals surface area (Å²) in [4.78, 5) is 27.2. The van der Waals surface area contributed by atoms with E-state index in [1.165, 1.54) is 16.3 Å². The number of rotatable bonds is 12. The Morgan fingerprint density at radius 2 is 1.71 bits per heavy atom. The highest BCUT2D eigenvalue weighted by molar-refractivity contribution is 9.10. The van der Waals surface area contributed by atoms with Gasteiger partial charge in [-0.15, -0.1) is 0 Å². The van der Waals surface area contributed by atoms with Gasteiger partial charge in [-0.3, -0.25) is 13.9 Å². The van der Waals surface area contributed by atoms with Gasteiger partial charge in [-0.1, -0.05) is 28.1 Å². The topological polar surface area (TPSA) is 96.0 Å². The zero-order valence-corrected chi connectivity index (χ0v) is 22.4. The van der Waals surface area contributed by atoms with E-state index in [-0.39, 0.29) is 31.3 Å². The number of hydrogen-bond acceptors (Lipinski definition) is 5. The van der Waals surface area contributed by atoms with Crippen molar-refractivity contribution in [2.75, 3.05) is 30.8 Å². The zero-order chi connectivity index (χ0) is 25.3. The van der Waals surface area contributed by atoms with Gasteiger partial charge in [0.2, 0.25) is 21.8 Å². The number of amides is 2. The third kappa shape index (κ3) is 8.02. The van der Waals surface area contributed by atoms with E-state index in [1.54, 1.807) is 31.2 Å². The Morgan fingerprint density at radius 3 is 2.24 bits per heavy atom. The summed E-state index contributed by atoms with van der Waals surface area (Å²) in [6.45, 7) is 4.40. The van der Waals surface area contributed by atoms with Crippen LogP contribution in [0.25, 0.3) is 0 Å². The number of nitrogens with one attached hydrogen (secondary N) is 1. The maximum absolute atomic E-state index is 13.2. The molecule has 10 heteroatoms. The quantitative estimate of drug-likeness (QED) is 0.433. The Kier molecular flexibility index (Phi) is 10.4. The average Bonchev–Trinajstić information content (AvgIpc) is 2.80. The van der Waals surface area contributed by atoms with Crippen LogP contribution in [0, 0.1) is 0 Å².